The van der Waals surface area contributed by atoms with Crippen molar-refractivity contribution in [1.29, 1.82) is 5.26 Å². The molecule has 7 nitrogen and oxygen atoms in total. The summed E-state index contributed by atoms with van der Waals surface area (Å²) in [5.74, 6) is -0.977. The molecule has 22 heavy (non-hydrogen) atoms. The van der Waals surface area contributed by atoms with E-state index in [4.69, 9.17) is 15.7 Å². The second-order valence-electron chi connectivity index (χ2n) is 4.36. The lowest BCUT2D eigenvalue weighted by Gasteiger charge is -2.05. The zero-order valence-corrected chi connectivity index (χ0v) is 12.3. The summed E-state index contributed by atoms with van der Waals surface area (Å²) in [7, 11) is 1.58. The van der Waals surface area contributed by atoms with Gasteiger partial charge in [0, 0.05) is 37.7 Å². The number of rotatable bonds is 8. The molecule has 0 atom stereocenters. The number of hydrogen-bond donors (Lipinski definition) is 3. The zero-order valence-electron chi connectivity index (χ0n) is 12.3. The monoisotopic (exact) mass is 302 g/mol. The highest BCUT2D eigenvalue weighted by molar-refractivity contribution is 5.97. The molecule has 0 fully saturated rings. The molecule has 1 aromatic carbocycles. The molecule has 0 saturated heterocycles. The Labute approximate surface area is 128 Å². The third-order valence-electron chi connectivity index (χ3n) is 2.73. The fourth-order valence-electron chi connectivity index (χ4n) is 1.55. The van der Waals surface area contributed by atoms with Gasteiger partial charge in [0.2, 0.25) is 5.91 Å². The van der Waals surface area contributed by atoms with Gasteiger partial charge in [-0.25, -0.2) is 0 Å². The fraction of sp³-hybridized carbons (Fsp3) is 0.267. The minimum absolute atomic E-state index is 0.0450. The van der Waals surface area contributed by atoms with E-state index in [-0.39, 0.29) is 5.57 Å². The molecule has 0 spiro atoms. The maximum absolute atomic E-state index is 11.8. The first-order valence-electron chi connectivity index (χ1n) is 6.62. The van der Waals surface area contributed by atoms with Gasteiger partial charge in [0.05, 0.1) is 0 Å². The molecule has 4 N–H and O–H groups in total. The van der Waals surface area contributed by atoms with Crippen molar-refractivity contribution in [3.05, 3.63) is 41.6 Å². The molecule has 2 amide bonds. The number of anilines is 1. The Kier molecular flexibility index (Phi) is 7.16. The van der Waals surface area contributed by atoms with Gasteiger partial charge in [-0.1, -0.05) is 0 Å². The van der Waals surface area contributed by atoms with E-state index in [0.29, 0.717) is 30.8 Å². The lowest BCUT2D eigenvalue weighted by Crippen LogP contribution is -2.26. The number of nitrogens with two attached hydrogens (primary N) is 1. The summed E-state index contributed by atoms with van der Waals surface area (Å²) in [5.41, 5.74) is 6.10. The van der Waals surface area contributed by atoms with Crippen LogP contribution in [0.4, 0.5) is 5.69 Å². The predicted molar refractivity (Wildman–Crippen MR) is 81.8 cm³/mol. The van der Waals surface area contributed by atoms with Crippen molar-refractivity contribution in [2.45, 2.75) is 6.42 Å². The number of benzene rings is 1. The van der Waals surface area contributed by atoms with Crippen LogP contribution in [-0.4, -0.2) is 32.1 Å². The number of methoxy groups -OCH3 is 1. The van der Waals surface area contributed by atoms with Gasteiger partial charge in [0.15, 0.2) is 0 Å². The predicted octanol–water partition coefficient (Wildman–Crippen LogP) is 0.758. The highest BCUT2D eigenvalue weighted by Gasteiger charge is 2.07. The van der Waals surface area contributed by atoms with Crippen LogP contribution in [0.5, 0.6) is 0 Å². The topological polar surface area (TPSA) is 117 Å². The lowest BCUT2D eigenvalue weighted by atomic mass is 10.2. The van der Waals surface area contributed by atoms with Gasteiger partial charge in [-0.15, -0.1) is 0 Å². The van der Waals surface area contributed by atoms with Crippen molar-refractivity contribution in [2.75, 3.05) is 25.6 Å². The molecule has 0 aliphatic carbocycles. The number of hydrogen-bond acceptors (Lipinski definition) is 5. The van der Waals surface area contributed by atoms with Crippen LogP contribution < -0.4 is 16.4 Å². The molecule has 1 aromatic rings. The summed E-state index contributed by atoms with van der Waals surface area (Å²) >= 11 is 0. The highest BCUT2D eigenvalue weighted by Crippen LogP contribution is 2.09. The fourth-order valence-corrected chi connectivity index (χ4v) is 1.55. The number of nitrogens with one attached hydrogen (secondary N) is 2. The third kappa shape index (κ3) is 5.64. The van der Waals surface area contributed by atoms with Crippen molar-refractivity contribution in [3.63, 3.8) is 0 Å². The first kappa shape index (κ1) is 17.2. The van der Waals surface area contributed by atoms with Crippen molar-refractivity contribution in [2.24, 2.45) is 5.73 Å². The van der Waals surface area contributed by atoms with E-state index in [1.807, 2.05) is 6.07 Å². The van der Waals surface area contributed by atoms with Crippen LogP contribution in [0.25, 0.3) is 0 Å². The van der Waals surface area contributed by atoms with E-state index in [1.165, 1.54) is 6.20 Å². The Morgan fingerprint density at radius 3 is 2.59 bits per heavy atom. The van der Waals surface area contributed by atoms with Crippen LogP contribution in [0.2, 0.25) is 0 Å². The second-order valence-corrected chi connectivity index (χ2v) is 4.36. The summed E-state index contributed by atoms with van der Waals surface area (Å²) in [6, 6.07) is 8.18. The van der Waals surface area contributed by atoms with Crippen LogP contribution >= 0.6 is 0 Å². The molecule has 0 aliphatic rings. The quantitative estimate of drug-likeness (QED) is 0.372. The standard InChI is InChI=1S/C15H18N4O3/c1-22-8-2-7-18-15(21)12(9-16)10-19-13-5-3-11(4-6-13)14(17)20/h3-6,10,19H,2,7-8H2,1H3,(H2,17,20)(H,18,21)/b12-10-. The molecule has 116 valence electrons. The molecule has 0 radical (unpaired) electrons. The van der Waals surface area contributed by atoms with E-state index in [0.717, 1.165) is 0 Å². The van der Waals surface area contributed by atoms with Crippen LogP contribution in [0, 0.1) is 11.3 Å². The SMILES string of the molecule is COCCCNC(=O)/C(C#N)=C\Nc1ccc(C(N)=O)cc1. The third-order valence-corrected chi connectivity index (χ3v) is 2.73. The Morgan fingerprint density at radius 1 is 1.36 bits per heavy atom. The molecule has 0 aromatic heterocycles. The van der Waals surface area contributed by atoms with Crippen molar-refractivity contribution >= 4 is 17.5 Å². The Hall–Kier alpha value is -2.85. The van der Waals surface area contributed by atoms with Crippen LogP contribution in [0.3, 0.4) is 0 Å². The average molecular weight is 302 g/mol. The Balaban J connectivity index is 2.59. The molecule has 0 heterocycles. The average Bonchev–Trinajstić information content (AvgIpc) is 2.52. The van der Waals surface area contributed by atoms with Crippen molar-refractivity contribution in [3.8, 4) is 6.07 Å². The second kappa shape index (κ2) is 9.15. The molecular formula is C15H18N4O3. The minimum atomic E-state index is -0.518. The van der Waals surface area contributed by atoms with Crippen LogP contribution in [0.1, 0.15) is 16.8 Å². The highest BCUT2D eigenvalue weighted by atomic mass is 16.5. The number of primary amides is 1. The normalized spacial score (nSPS) is 10.6. The summed E-state index contributed by atoms with van der Waals surface area (Å²) in [5, 5.41) is 14.4. The molecular weight excluding hydrogens is 284 g/mol. The van der Waals surface area contributed by atoms with Crippen molar-refractivity contribution < 1.29 is 14.3 Å². The first-order valence-corrected chi connectivity index (χ1v) is 6.62. The van der Waals surface area contributed by atoms with Gasteiger partial charge >= 0.3 is 0 Å². The number of carbonyl (C=O) groups is 2. The molecule has 0 bridgehead atoms. The molecule has 7 heteroatoms. The van der Waals surface area contributed by atoms with Crippen molar-refractivity contribution in [1.82, 2.24) is 5.32 Å². The van der Waals surface area contributed by atoms with E-state index in [9.17, 15) is 9.59 Å². The minimum Gasteiger partial charge on any atom is -0.385 e. The molecule has 0 aliphatic heterocycles. The maximum atomic E-state index is 11.8. The zero-order chi connectivity index (χ0) is 16.4. The van der Waals surface area contributed by atoms with Gasteiger partial charge in [0.25, 0.3) is 5.91 Å². The van der Waals surface area contributed by atoms with E-state index in [2.05, 4.69) is 10.6 Å². The molecule has 0 unspecified atom stereocenters. The van der Waals surface area contributed by atoms with Crippen LogP contribution in [-0.2, 0) is 9.53 Å². The summed E-state index contributed by atoms with van der Waals surface area (Å²) in [6.45, 7) is 0.968. The van der Waals surface area contributed by atoms with Gasteiger partial charge < -0.3 is 21.1 Å². The Morgan fingerprint density at radius 2 is 2.05 bits per heavy atom. The van der Waals surface area contributed by atoms with Gasteiger partial charge in [-0.3, -0.25) is 9.59 Å². The number of nitriles is 1. The number of ether oxygens (including phenoxy) is 1. The largest absolute Gasteiger partial charge is 0.385 e. The van der Waals surface area contributed by atoms with Gasteiger partial charge in [-0.05, 0) is 30.7 Å². The smallest absolute Gasteiger partial charge is 0.263 e. The van der Waals surface area contributed by atoms with Gasteiger partial charge in [-0.2, -0.15) is 5.26 Å². The molecule has 1 rings (SSSR count). The number of nitrogens with zero attached hydrogens (tertiary/aromatic N) is 1. The van der Waals surface area contributed by atoms with E-state index < -0.39 is 11.8 Å². The summed E-state index contributed by atoms with van der Waals surface area (Å²) in [6.07, 6.45) is 1.98. The number of carbonyl (C=O) groups excluding carboxylic acids is 2. The van der Waals surface area contributed by atoms with E-state index in [1.54, 1.807) is 31.4 Å². The van der Waals surface area contributed by atoms with Gasteiger partial charge in [0.1, 0.15) is 11.6 Å². The lowest BCUT2D eigenvalue weighted by molar-refractivity contribution is -0.117. The van der Waals surface area contributed by atoms with E-state index >= 15 is 0 Å². The Bertz CT molecular complexity index is 588. The first-order chi connectivity index (χ1) is 10.6. The molecule has 0 saturated carbocycles. The summed E-state index contributed by atoms with van der Waals surface area (Å²) in [4.78, 5) is 22.7. The number of amides is 2. The van der Waals surface area contributed by atoms with Crippen LogP contribution in [0.15, 0.2) is 36.0 Å². The summed E-state index contributed by atoms with van der Waals surface area (Å²) < 4.78 is 4.87. The maximum Gasteiger partial charge on any atom is 0.263 e.